The van der Waals surface area contributed by atoms with Crippen LogP contribution in [0, 0.1) is 5.92 Å². The molecule has 1 saturated carbocycles. The zero-order chi connectivity index (χ0) is 8.06. The Labute approximate surface area is 72.6 Å². The van der Waals surface area contributed by atoms with Crippen molar-refractivity contribution in [1.82, 2.24) is 0 Å². The lowest BCUT2D eigenvalue weighted by atomic mass is 9.74. The van der Waals surface area contributed by atoms with E-state index >= 15 is 0 Å². The molecular weight excluding hydrogens is 156 g/mol. The first-order chi connectivity index (χ1) is 5.14. The van der Waals surface area contributed by atoms with Crippen LogP contribution in [0.4, 0.5) is 0 Å². The van der Waals surface area contributed by atoms with Gasteiger partial charge in [0.1, 0.15) is 0 Å². The molecular formula is C9H16OS. The Morgan fingerprint density at radius 1 is 1.55 bits per heavy atom. The Morgan fingerprint density at radius 2 is 2.18 bits per heavy atom. The summed E-state index contributed by atoms with van der Waals surface area (Å²) >= 11 is 1.99. The summed E-state index contributed by atoms with van der Waals surface area (Å²) in [6.45, 7) is 4.21. The number of thioether (sulfide) groups is 1. The first kappa shape index (κ1) is 7.93. The second-order valence-corrected chi connectivity index (χ2v) is 5.56. The summed E-state index contributed by atoms with van der Waals surface area (Å²) < 4.78 is 0. The predicted molar refractivity (Wildman–Crippen MR) is 48.8 cm³/mol. The maximum atomic E-state index is 10.1. The first-order valence-corrected chi connectivity index (χ1v) is 5.46. The zero-order valence-electron chi connectivity index (χ0n) is 7.21. The van der Waals surface area contributed by atoms with Crippen molar-refractivity contribution in [3.63, 3.8) is 0 Å². The quantitative estimate of drug-likeness (QED) is 0.653. The van der Waals surface area contributed by atoms with Crippen molar-refractivity contribution in [2.45, 2.75) is 49.2 Å². The number of fused-ring (bicyclic) bond motifs is 2. The Bertz CT molecular complexity index is 161. The van der Waals surface area contributed by atoms with Crippen LogP contribution < -0.4 is 0 Å². The predicted octanol–water partition coefficient (Wildman–Crippen LogP) is 2.04. The van der Waals surface area contributed by atoms with E-state index in [-0.39, 0.29) is 5.60 Å². The lowest BCUT2D eigenvalue weighted by Crippen LogP contribution is -2.56. The summed E-state index contributed by atoms with van der Waals surface area (Å²) in [4.78, 5) is 0. The minimum atomic E-state index is -0.367. The molecule has 2 unspecified atom stereocenters. The van der Waals surface area contributed by atoms with Gasteiger partial charge in [-0.25, -0.2) is 0 Å². The fraction of sp³-hybridized carbons (Fsp3) is 1.00. The lowest BCUT2D eigenvalue weighted by Gasteiger charge is -2.54. The molecule has 1 nitrogen and oxygen atoms in total. The van der Waals surface area contributed by atoms with Crippen LogP contribution in [0.5, 0.6) is 0 Å². The summed E-state index contributed by atoms with van der Waals surface area (Å²) in [5, 5.41) is 11.5. The Kier molecular flexibility index (Phi) is 1.73. The van der Waals surface area contributed by atoms with E-state index in [9.17, 15) is 5.11 Å². The van der Waals surface area contributed by atoms with Gasteiger partial charge in [-0.3, -0.25) is 0 Å². The molecule has 2 heteroatoms. The molecule has 0 aromatic heterocycles. The van der Waals surface area contributed by atoms with Gasteiger partial charge >= 0.3 is 0 Å². The Hall–Kier alpha value is 0.310. The molecule has 0 aromatic carbocycles. The second kappa shape index (κ2) is 2.40. The van der Waals surface area contributed by atoms with Gasteiger partial charge in [-0.05, 0) is 25.7 Å². The molecule has 2 saturated heterocycles. The number of hydrogen-bond donors (Lipinski definition) is 1. The van der Waals surface area contributed by atoms with Crippen molar-refractivity contribution in [2.24, 2.45) is 5.92 Å². The van der Waals surface area contributed by atoms with E-state index in [1.54, 1.807) is 0 Å². The SMILES string of the molecule is CCC1C[C@@H]2C[C@@H](S2)C1(C)O. The molecule has 11 heavy (non-hydrogen) atoms. The van der Waals surface area contributed by atoms with E-state index < -0.39 is 0 Å². The molecule has 3 rings (SSSR count). The van der Waals surface area contributed by atoms with E-state index in [2.05, 4.69) is 6.92 Å². The van der Waals surface area contributed by atoms with Gasteiger partial charge in [-0.1, -0.05) is 13.3 Å². The number of rotatable bonds is 1. The van der Waals surface area contributed by atoms with Gasteiger partial charge in [0.2, 0.25) is 0 Å². The molecule has 0 amide bonds. The summed E-state index contributed by atoms with van der Waals surface area (Å²) in [7, 11) is 0. The van der Waals surface area contributed by atoms with Gasteiger partial charge in [0.25, 0.3) is 0 Å². The molecule has 64 valence electrons. The second-order valence-electron chi connectivity index (χ2n) is 4.05. The summed E-state index contributed by atoms with van der Waals surface area (Å²) in [6, 6.07) is 0. The lowest BCUT2D eigenvalue weighted by molar-refractivity contribution is -0.0342. The summed E-state index contributed by atoms with van der Waals surface area (Å²) in [5.41, 5.74) is -0.367. The average Bonchev–Trinajstić information content (AvgIpc) is 1.83. The van der Waals surface area contributed by atoms with Gasteiger partial charge in [0.05, 0.1) is 5.60 Å². The van der Waals surface area contributed by atoms with Gasteiger partial charge in [-0.15, -0.1) is 0 Å². The highest BCUT2D eigenvalue weighted by atomic mass is 32.2. The van der Waals surface area contributed by atoms with Gasteiger partial charge < -0.3 is 5.11 Å². The third-order valence-electron chi connectivity index (χ3n) is 3.35. The average molecular weight is 172 g/mol. The normalized spacial score (nSPS) is 55.4. The highest BCUT2D eigenvalue weighted by Gasteiger charge is 2.52. The molecule has 0 spiro atoms. The topological polar surface area (TPSA) is 20.2 Å². The third-order valence-corrected chi connectivity index (χ3v) is 5.12. The number of hydrogen-bond acceptors (Lipinski definition) is 2. The van der Waals surface area contributed by atoms with Crippen molar-refractivity contribution < 1.29 is 5.11 Å². The maximum absolute atomic E-state index is 10.1. The molecule has 2 bridgehead atoms. The van der Waals surface area contributed by atoms with E-state index in [1.807, 2.05) is 18.7 Å². The van der Waals surface area contributed by atoms with Crippen LogP contribution >= 0.6 is 11.8 Å². The fourth-order valence-electron chi connectivity index (χ4n) is 2.39. The van der Waals surface area contributed by atoms with Crippen LogP contribution in [0.1, 0.15) is 33.1 Å². The molecule has 3 aliphatic rings. The zero-order valence-corrected chi connectivity index (χ0v) is 8.03. The third kappa shape index (κ3) is 1.03. The van der Waals surface area contributed by atoms with Crippen LogP contribution in [-0.4, -0.2) is 21.2 Å². The minimum absolute atomic E-state index is 0.367. The van der Waals surface area contributed by atoms with E-state index in [4.69, 9.17) is 0 Å². The van der Waals surface area contributed by atoms with E-state index in [0.29, 0.717) is 11.2 Å². The minimum Gasteiger partial charge on any atom is -0.389 e. The molecule has 2 heterocycles. The molecule has 1 N–H and O–H groups in total. The number of aliphatic hydroxyl groups is 1. The van der Waals surface area contributed by atoms with Crippen molar-refractivity contribution in [1.29, 1.82) is 0 Å². The molecule has 0 radical (unpaired) electrons. The first-order valence-electron chi connectivity index (χ1n) is 4.52. The highest BCUT2D eigenvalue weighted by molar-refractivity contribution is 8.02. The van der Waals surface area contributed by atoms with Crippen LogP contribution in [0.2, 0.25) is 0 Å². The van der Waals surface area contributed by atoms with Gasteiger partial charge in [0.15, 0.2) is 0 Å². The maximum Gasteiger partial charge on any atom is 0.0766 e. The van der Waals surface area contributed by atoms with Gasteiger partial charge in [-0.2, -0.15) is 11.8 Å². The van der Waals surface area contributed by atoms with Crippen LogP contribution in [0.3, 0.4) is 0 Å². The summed E-state index contributed by atoms with van der Waals surface area (Å²) in [5.74, 6) is 0.562. The Balaban J connectivity index is 2.12. The largest absolute Gasteiger partial charge is 0.389 e. The van der Waals surface area contributed by atoms with Crippen LogP contribution in [-0.2, 0) is 0 Å². The fourth-order valence-corrected chi connectivity index (χ4v) is 3.95. The van der Waals surface area contributed by atoms with Crippen molar-refractivity contribution in [3.05, 3.63) is 0 Å². The summed E-state index contributed by atoms with van der Waals surface area (Å²) in [6.07, 6.45) is 3.64. The van der Waals surface area contributed by atoms with E-state index in [1.165, 1.54) is 12.8 Å². The van der Waals surface area contributed by atoms with Gasteiger partial charge in [0, 0.05) is 10.5 Å². The Morgan fingerprint density at radius 3 is 2.55 bits per heavy atom. The van der Waals surface area contributed by atoms with Crippen molar-refractivity contribution in [3.8, 4) is 0 Å². The van der Waals surface area contributed by atoms with Crippen molar-refractivity contribution in [2.75, 3.05) is 0 Å². The molecule has 4 atom stereocenters. The van der Waals surface area contributed by atoms with Crippen LogP contribution in [0.25, 0.3) is 0 Å². The standard InChI is InChI=1S/C9H16OS/c1-3-6-4-7-5-8(11-7)9(6,2)10/h6-8,10H,3-5H2,1-2H3/t6?,7-,8-,9?/m1/s1. The van der Waals surface area contributed by atoms with Crippen LogP contribution in [0.15, 0.2) is 0 Å². The monoisotopic (exact) mass is 172 g/mol. The molecule has 1 aliphatic carbocycles. The molecule has 0 aromatic rings. The van der Waals surface area contributed by atoms with Crippen molar-refractivity contribution >= 4 is 11.8 Å². The molecule has 3 fully saturated rings. The smallest absolute Gasteiger partial charge is 0.0766 e. The molecule has 2 aliphatic heterocycles. The van der Waals surface area contributed by atoms with E-state index in [0.717, 1.165) is 11.7 Å². The highest BCUT2D eigenvalue weighted by Crippen LogP contribution is 2.54.